The average Bonchev–Trinajstić information content (AvgIpc) is 3.02. The van der Waals surface area contributed by atoms with Crippen LogP contribution in [0.2, 0.25) is 5.02 Å². The number of aromatic nitrogens is 1. The van der Waals surface area contributed by atoms with Crippen molar-refractivity contribution in [2.24, 2.45) is 5.73 Å². The lowest BCUT2D eigenvalue weighted by Gasteiger charge is -2.10. The van der Waals surface area contributed by atoms with Gasteiger partial charge in [0.15, 0.2) is 0 Å². The zero-order chi connectivity index (χ0) is 18.7. The Kier molecular flexibility index (Phi) is 5.49. The third-order valence-corrected chi connectivity index (χ3v) is 4.81. The molecule has 0 amide bonds. The Labute approximate surface area is 156 Å². The molecule has 0 spiro atoms. The number of aromatic carboxylic acids is 1. The highest BCUT2D eigenvalue weighted by molar-refractivity contribution is 6.36. The molecule has 0 atom stereocenters. The standard InChI is InChI=1S/C20H21ClN2O3/c1-26-16-8-3-2-6-12(16)18-13(7-4-5-11-22)17-14(20(24)25)9-10-15(21)19(17)23-18/h2-3,6,8-10,23H,4-5,7,11,22H2,1H3,(H,24,25). The van der Waals surface area contributed by atoms with Crippen LogP contribution in [0, 0.1) is 0 Å². The van der Waals surface area contributed by atoms with Gasteiger partial charge < -0.3 is 20.6 Å². The molecule has 0 fully saturated rings. The summed E-state index contributed by atoms with van der Waals surface area (Å²) in [4.78, 5) is 15.1. The Hall–Kier alpha value is -2.50. The summed E-state index contributed by atoms with van der Waals surface area (Å²) in [5.41, 5.74) is 9.15. The number of nitrogens with two attached hydrogens (primary N) is 1. The number of hydrogen-bond donors (Lipinski definition) is 3. The first-order valence-corrected chi connectivity index (χ1v) is 8.86. The van der Waals surface area contributed by atoms with Crippen LogP contribution in [-0.4, -0.2) is 29.7 Å². The van der Waals surface area contributed by atoms with Crippen molar-refractivity contribution in [1.29, 1.82) is 0 Å². The molecule has 0 saturated heterocycles. The number of methoxy groups -OCH3 is 1. The number of fused-ring (bicyclic) bond motifs is 1. The van der Waals surface area contributed by atoms with Gasteiger partial charge in [-0.05, 0) is 55.6 Å². The van der Waals surface area contributed by atoms with Crippen LogP contribution in [0.3, 0.4) is 0 Å². The number of carboxylic acid groups (broad SMARTS) is 1. The quantitative estimate of drug-likeness (QED) is 0.533. The zero-order valence-electron chi connectivity index (χ0n) is 14.5. The van der Waals surface area contributed by atoms with E-state index in [4.69, 9.17) is 22.1 Å². The number of carbonyl (C=O) groups is 1. The van der Waals surface area contributed by atoms with Crippen LogP contribution in [0.25, 0.3) is 22.2 Å². The number of para-hydroxylation sites is 1. The van der Waals surface area contributed by atoms with Crippen molar-refractivity contribution in [2.45, 2.75) is 19.3 Å². The lowest BCUT2D eigenvalue weighted by atomic mass is 9.97. The SMILES string of the molecule is COc1ccccc1-c1[nH]c2c(Cl)ccc(C(=O)O)c2c1CCCCN. The maximum atomic E-state index is 11.8. The molecule has 4 N–H and O–H groups in total. The maximum absolute atomic E-state index is 11.8. The van der Waals surface area contributed by atoms with Crippen LogP contribution in [-0.2, 0) is 6.42 Å². The van der Waals surface area contributed by atoms with Gasteiger partial charge >= 0.3 is 5.97 Å². The highest BCUT2D eigenvalue weighted by atomic mass is 35.5. The van der Waals surface area contributed by atoms with Crippen molar-refractivity contribution in [3.05, 3.63) is 52.5 Å². The van der Waals surface area contributed by atoms with E-state index < -0.39 is 5.97 Å². The molecule has 0 radical (unpaired) electrons. The number of H-pyrrole nitrogens is 1. The summed E-state index contributed by atoms with van der Waals surface area (Å²) in [6.07, 6.45) is 2.42. The predicted molar refractivity (Wildman–Crippen MR) is 104 cm³/mol. The molecule has 26 heavy (non-hydrogen) atoms. The number of carboxylic acids is 1. The summed E-state index contributed by atoms with van der Waals surface area (Å²) in [6, 6.07) is 10.8. The maximum Gasteiger partial charge on any atom is 0.336 e. The molecular weight excluding hydrogens is 352 g/mol. The number of hydrogen-bond acceptors (Lipinski definition) is 3. The van der Waals surface area contributed by atoms with E-state index >= 15 is 0 Å². The number of halogens is 1. The third kappa shape index (κ3) is 3.28. The van der Waals surface area contributed by atoms with Crippen LogP contribution >= 0.6 is 11.6 Å². The molecule has 5 nitrogen and oxygen atoms in total. The monoisotopic (exact) mass is 372 g/mol. The molecule has 0 aliphatic carbocycles. The van der Waals surface area contributed by atoms with Crippen LogP contribution in [0.4, 0.5) is 0 Å². The third-order valence-electron chi connectivity index (χ3n) is 4.50. The second-order valence-electron chi connectivity index (χ2n) is 6.07. The molecule has 3 rings (SSSR count). The molecule has 1 heterocycles. The minimum atomic E-state index is -0.975. The van der Waals surface area contributed by atoms with E-state index in [1.165, 1.54) is 0 Å². The van der Waals surface area contributed by atoms with Crippen molar-refractivity contribution in [3.8, 4) is 17.0 Å². The fraction of sp³-hybridized carbons (Fsp3) is 0.250. The Morgan fingerprint density at radius 3 is 2.69 bits per heavy atom. The summed E-state index contributed by atoms with van der Waals surface area (Å²) < 4.78 is 5.50. The number of ether oxygens (including phenoxy) is 1. The molecule has 0 saturated carbocycles. The zero-order valence-corrected chi connectivity index (χ0v) is 15.3. The summed E-state index contributed by atoms with van der Waals surface area (Å²) in [6.45, 7) is 0.596. The molecule has 1 aromatic heterocycles. The van der Waals surface area contributed by atoms with Crippen LogP contribution in [0.15, 0.2) is 36.4 Å². The molecule has 0 aliphatic heterocycles. The Bertz CT molecular complexity index is 950. The van der Waals surface area contributed by atoms with Gasteiger partial charge in [-0.25, -0.2) is 4.79 Å². The molecular formula is C20H21ClN2O3. The first-order valence-electron chi connectivity index (χ1n) is 8.48. The normalized spacial score (nSPS) is 11.0. The van der Waals surface area contributed by atoms with Gasteiger partial charge in [-0.2, -0.15) is 0 Å². The van der Waals surface area contributed by atoms with E-state index in [0.29, 0.717) is 34.6 Å². The second kappa shape index (κ2) is 7.81. The summed E-state index contributed by atoms with van der Waals surface area (Å²) in [7, 11) is 1.62. The number of aromatic amines is 1. The van der Waals surface area contributed by atoms with E-state index in [9.17, 15) is 9.90 Å². The summed E-state index contributed by atoms with van der Waals surface area (Å²) >= 11 is 6.37. The van der Waals surface area contributed by atoms with E-state index in [1.54, 1.807) is 19.2 Å². The highest BCUT2D eigenvalue weighted by Gasteiger charge is 2.22. The first-order chi connectivity index (χ1) is 12.6. The van der Waals surface area contributed by atoms with Crippen LogP contribution in [0.1, 0.15) is 28.8 Å². The van der Waals surface area contributed by atoms with Crippen molar-refractivity contribution in [3.63, 3.8) is 0 Å². The van der Waals surface area contributed by atoms with Gasteiger partial charge in [0.1, 0.15) is 5.75 Å². The lowest BCUT2D eigenvalue weighted by molar-refractivity contribution is 0.0699. The van der Waals surface area contributed by atoms with Crippen molar-refractivity contribution in [1.82, 2.24) is 4.98 Å². The second-order valence-corrected chi connectivity index (χ2v) is 6.48. The van der Waals surface area contributed by atoms with Gasteiger partial charge in [0.2, 0.25) is 0 Å². The van der Waals surface area contributed by atoms with Crippen LogP contribution < -0.4 is 10.5 Å². The van der Waals surface area contributed by atoms with E-state index in [-0.39, 0.29) is 5.56 Å². The largest absolute Gasteiger partial charge is 0.496 e. The Morgan fingerprint density at radius 2 is 2.00 bits per heavy atom. The number of aryl methyl sites for hydroxylation is 1. The number of rotatable bonds is 7. The van der Waals surface area contributed by atoms with Gasteiger partial charge in [-0.15, -0.1) is 0 Å². The van der Waals surface area contributed by atoms with Crippen molar-refractivity contribution in [2.75, 3.05) is 13.7 Å². The Morgan fingerprint density at radius 1 is 1.23 bits per heavy atom. The minimum Gasteiger partial charge on any atom is -0.496 e. The fourth-order valence-electron chi connectivity index (χ4n) is 3.29. The van der Waals surface area contributed by atoms with Gasteiger partial charge in [0.25, 0.3) is 0 Å². The molecule has 3 aromatic rings. The first kappa shape index (κ1) is 18.3. The number of benzene rings is 2. The van der Waals surface area contributed by atoms with Gasteiger partial charge in [-0.1, -0.05) is 23.7 Å². The molecule has 0 bridgehead atoms. The fourth-order valence-corrected chi connectivity index (χ4v) is 3.50. The number of unbranched alkanes of at least 4 members (excludes halogenated alkanes) is 1. The van der Waals surface area contributed by atoms with Crippen molar-refractivity contribution >= 4 is 28.5 Å². The topological polar surface area (TPSA) is 88.3 Å². The highest BCUT2D eigenvalue weighted by Crippen LogP contribution is 2.39. The lowest BCUT2D eigenvalue weighted by Crippen LogP contribution is -2.01. The average molecular weight is 373 g/mol. The summed E-state index contributed by atoms with van der Waals surface area (Å²) in [5.74, 6) is -0.260. The van der Waals surface area contributed by atoms with Crippen LogP contribution in [0.5, 0.6) is 5.75 Å². The predicted octanol–water partition coefficient (Wildman–Crippen LogP) is 4.48. The van der Waals surface area contributed by atoms with E-state index in [0.717, 1.165) is 29.7 Å². The van der Waals surface area contributed by atoms with E-state index in [2.05, 4.69) is 4.98 Å². The van der Waals surface area contributed by atoms with Gasteiger partial charge in [0, 0.05) is 10.9 Å². The van der Waals surface area contributed by atoms with Crippen molar-refractivity contribution < 1.29 is 14.6 Å². The summed E-state index contributed by atoms with van der Waals surface area (Å²) in [5, 5.41) is 10.8. The number of nitrogens with one attached hydrogen (secondary N) is 1. The molecule has 0 aliphatic rings. The van der Waals surface area contributed by atoms with E-state index in [1.807, 2.05) is 24.3 Å². The smallest absolute Gasteiger partial charge is 0.336 e. The molecule has 2 aromatic carbocycles. The Balaban J connectivity index is 2.31. The van der Waals surface area contributed by atoms with Gasteiger partial charge in [-0.3, -0.25) is 0 Å². The van der Waals surface area contributed by atoms with Gasteiger partial charge in [0.05, 0.1) is 28.9 Å². The molecule has 136 valence electrons. The minimum absolute atomic E-state index is 0.240. The molecule has 0 unspecified atom stereocenters. The molecule has 6 heteroatoms.